The Morgan fingerprint density at radius 3 is 1.84 bits per heavy atom. The molecule has 0 aliphatic carbocycles. The highest BCUT2D eigenvalue weighted by atomic mass is 32.1. The van der Waals surface area contributed by atoms with Crippen molar-refractivity contribution < 1.29 is 24.6 Å². The van der Waals surface area contributed by atoms with Gasteiger partial charge in [0.25, 0.3) is 0 Å². The van der Waals surface area contributed by atoms with Gasteiger partial charge in [-0.3, -0.25) is 9.59 Å². The average molecular weight is 369 g/mol. The molecule has 1 aromatic carbocycles. The molecule has 1 unspecified atom stereocenters. The molecule has 0 aliphatic rings. The maximum Gasteiger partial charge on any atom is 0.327 e. The van der Waals surface area contributed by atoms with E-state index in [0.717, 1.165) is 12.0 Å². The second-order valence-corrected chi connectivity index (χ2v) is 6.54. The van der Waals surface area contributed by atoms with E-state index in [1.807, 2.05) is 24.3 Å². The van der Waals surface area contributed by atoms with Crippen LogP contribution in [0.1, 0.15) is 44.7 Å². The third-order valence-corrected chi connectivity index (χ3v) is 3.72. The number of rotatable bonds is 7. The van der Waals surface area contributed by atoms with Crippen LogP contribution >= 0.6 is 12.6 Å². The van der Waals surface area contributed by atoms with Crippen molar-refractivity contribution in [1.29, 1.82) is 0 Å². The number of aliphatic carboxylic acids is 2. The Bertz CT molecular complexity index is 571. The van der Waals surface area contributed by atoms with E-state index in [9.17, 15) is 14.4 Å². The van der Waals surface area contributed by atoms with Crippen LogP contribution in [0.15, 0.2) is 24.3 Å². The first-order chi connectivity index (χ1) is 11.6. The topological polar surface area (TPSA) is 104 Å². The van der Waals surface area contributed by atoms with E-state index >= 15 is 0 Å². The molecule has 0 heterocycles. The van der Waals surface area contributed by atoms with Crippen LogP contribution < -0.4 is 5.32 Å². The predicted molar refractivity (Wildman–Crippen MR) is 100 cm³/mol. The summed E-state index contributed by atoms with van der Waals surface area (Å²) >= 11 is 3.73. The number of hydrogen-bond acceptors (Lipinski definition) is 4. The number of carboxylic acid groups (broad SMARTS) is 2. The smallest absolute Gasteiger partial charge is 0.327 e. The number of carbonyl (C=O) groups excluding carboxylic acids is 1. The van der Waals surface area contributed by atoms with Crippen LogP contribution in [0, 0.1) is 5.92 Å². The van der Waals surface area contributed by atoms with Crippen molar-refractivity contribution in [1.82, 2.24) is 5.32 Å². The Hall–Kier alpha value is -2.02. The highest BCUT2D eigenvalue weighted by Crippen LogP contribution is 2.17. The molecule has 140 valence electrons. The van der Waals surface area contributed by atoms with Crippen molar-refractivity contribution in [2.24, 2.45) is 5.92 Å². The van der Waals surface area contributed by atoms with E-state index in [2.05, 4.69) is 31.8 Å². The first kappa shape index (κ1) is 23.0. The van der Waals surface area contributed by atoms with Crippen molar-refractivity contribution in [2.45, 2.75) is 46.1 Å². The Morgan fingerprint density at radius 1 is 1.04 bits per heavy atom. The monoisotopic (exact) mass is 369 g/mol. The number of hydrogen-bond donors (Lipinski definition) is 4. The zero-order valence-electron chi connectivity index (χ0n) is 15.0. The molecule has 7 heteroatoms. The van der Waals surface area contributed by atoms with Crippen LogP contribution in [-0.4, -0.2) is 39.9 Å². The molecular formula is C18H27NO5S. The molecule has 0 aromatic heterocycles. The van der Waals surface area contributed by atoms with Gasteiger partial charge in [-0.25, -0.2) is 4.79 Å². The lowest BCUT2D eigenvalue weighted by molar-refractivity contribution is -0.140. The van der Waals surface area contributed by atoms with Gasteiger partial charge in [-0.15, -0.1) is 0 Å². The maximum atomic E-state index is 10.8. The summed E-state index contributed by atoms with van der Waals surface area (Å²) in [6, 6.07) is 7.00. The first-order valence-electron chi connectivity index (χ1n) is 8.00. The minimum absolute atomic E-state index is 0.106. The third kappa shape index (κ3) is 9.76. The molecule has 3 N–H and O–H groups in total. The summed E-state index contributed by atoms with van der Waals surface area (Å²) in [5, 5.41) is 19.4. The standard InChI is InChI=1S/C13H18O2.C5H9NO3S/c1-9(2)8-11-4-6-12(7-5-11)10(3)13(14)15;1-3(7)6-4(2-10)5(8)9/h4-7,9-10H,8H2,1-3H3,(H,14,15);4,10H,2H2,1H3,(H,6,7)(H,8,9)/t;4-/m.0/s1. The molecule has 0 spiro atoms. The zero-order valence-corrected chi connectivity index (χ0v) is 15.9. The molecule has 1 amide bonds. The summed E-state index contributed by atoms with van der Waals surface area (Å²) in [6.45, 7) is 7.32. The number of carboxylic acids is 2. The quantitative estimate of drug-likeness (QED) is 0.553. The maximum absolute atomic E-state index is 10.8. The molecule has 0 radical (unpaired) electrons. The number of thiol groups is 1. The van der Waals surface area contributed by atoms with Gasteiger partial charge in [-0.1, -0.05) is 38.1 Å². The fourth-order valence-corrected chi connectivity index (χ4v) is 2.23. The van der Waals surface area contributed by atoms with Crippen LogP contribution in [-0.2, 0) is 20.8 Å². The lowest BCUT2D eigenvalue weighted by Gasteiger charge is -2.09. The SMILES string of the molecule is CC(=O)N[C@@H](CS)C(=O)O.CC(C)Cc1ccc(C(C)C(=O)O)cc1. The molecular weight excluding hydrogens is 342 g/mol. The Kier molecular flexibility index (Phi) is 10.6. The number of nitrogens with one attached hydrogen (secondary N) is 1. The highest BCUT2D eigenvalue weighted by Gasteiger charge is 2.15. The second kappa shape index (κ2) is 11.5. The van der Waals surface area contributed by atoms with Crippen LogP contribution in [0.25, 0.3) is 0 Å². The van der Waals surface area contributed by atoms with Crippen LogP contribution in [0.3, 0.4) is 0 Å². The van der Waals surface area contributed by atoms with E-state index in [1.165, 1.54) is 12.5 Å². The van der Waals surface area contributed by atoms with Gasteiger partial charge >= 0.3 is 11.9 Å². The normalized spacial score (nSPS) is 12.6. The molecule has 1 rings (SSSR count). The summed E-state index contributed by atoms with van der Waals surface area (Å²) in [6.07, 6.45) is 1.04. The van der Waals surface area contributed by atoms with Gasteiger partial charge in [0.1, 0.15) is 6.04 Å². The predicted octanol–water partition coefficient (Wildman–Crippen LogP) is 2.58. The minimum Gasteiger partial charge on any atom is -0.481 e. The van der Waals surface area contributed by atoms with Crippen LogP contribution in [0.2, 0.25) is 0 Å². The van der Waals surface area contributed by atoms with Gasteiger partial charge < -0.3 is 15.5 Å². The van der Waals surface area contributed by atoms with Crippen molar-refractivity contribution in [2.75, 3.05) is 5.75 Å². The molecule has 2 atom stereocenters. The van der Waals surface area contributed by atoms with Gasteiger partial charge in [-0.05, 0) is 30.4 Å². The summed E-state index contributed by atoms with van der Waals surface area (Å²) in [5.41, 5.74) is 2.14. The molecule has 0 saturated carbocycles. The fraction of sp³-hybridized carbons (Fsp3) is 0.500. The molecule has 1 aromatic rings. The van der Waals surface area contributed by atoms with Crippen LogP contribution in [0.5, 0.6) is 0 Å². The van der Waals surface area contributed by atoms with Crippen molar-refractivity contribution >= 4 is 30.5 Å². The van der Waals surface area contributed by atoms with Crippen molar-refractivity contribution in [3.63, 3.8) is 0 Å². The van der Waals surface area contributed by atoms with E-state index in [0.29, 0.717) is 5.92 Å². The molecule has 0 aliphatic heterocycles. The lowest BCUT2D eigenvalue weighted by Crippen LogP contribution is -2.40. The van der Waals surface area contributed by atoms with Gasteiger partial charge in [0, 0.05) is 12.7 Å². The number of amides is 1. The van der Waals surface area contributed by atoms with Crippen molar-refractivity contribution in [3.8, 4) is 0 Å². The largest absolute Gasteiger partial charge is 0.481 e. The second-order valence-electron chi connectivity index (χ2n) is 6.17. The van der Waals surface area contributed by atoms with E-state index in [4.69, 9.17) is 10.2 Å². The fourth-order valence-electron chi connectivity index (χ4n) is 1.99. The minimum atomic E-state index is -1.06. The summed E-state index contributed by atoms with van der Waals surface area (Å²) in [4.78, 5) is 31.3. The molecule has 0 bridgehead atoms. The Morgan fingerprint density at radius 2 is 1.56 bits per heavy atom. The average Bonchev–Trinajstić information content (AvgIpc) is 2.52. The van der Waals surface area contributed by atoms with Crippen molar-refractivity contribution in [3.05, 3.63) is 35.4 Å². The zero-order chi connectivity index (χ0) is 19.6. The van der Waals surface area contributed by atoms with Gasteiger partial charge in [0.05, 0.1) is 5.92 Å². The summed E-state index contributed by atoms with van der Waals surface area (Å²) in [7, 11) is 0. The Labute approximate surface area is 154 Å². The summed E-state index contributed by atoms with van der Waals surface area (Å²) < 4.78 is 0. The molecule has 25 heavy (non-hydrogen) atoms. The van der Waals surface area contributed by atoms with Gasteiger partial charge in [0.2, 0.25) is 5.91 Å². The molecule has 0 fully saturated rings. The summed E-state index contributed by atoms with van der Waals surface area (Å²) in [5.74, 6) is -1.88. The Balaban J connectivity index is 0.000000504. The lowest BCUT2D eigenvalue weighted by atomic mass is 9.97. The van der Waals surface area contributed by atoms with E-state index < -0.39 is 23.9 Å². The number of carbonyl (C=O) groups is 3. The highest BCUT2D eigenvalue weighted by molar-refractivity contribution is 7.80. The van der Waals surface area contributed by atoms with Gasteiger partial charge in [0.15, 0.2) is 0 Å². The molecule has 0 saturated heterocycles. The van der Waals surface area contributed by atoms with E-state index in [1.54, 1.807) is 6.92 Å². The number of benzene rings is 1. The van der Waals surface area contributed by atoms with Gasteiger partial charge in [-0.2, -0.15) is 12.6 Å². The first-order valence-corrected chi connectivity index (χ1v) is 8.64. The third-order valence-electron chi connectivity index (χ3n) is 3.35. The molecule has 6 nitrogen and oxygen atoms in total. The van der Waals surface area contributed by atoms with E-state index in [-0.39, 0.29) is 11.7 Å². The van der Waals surface area contributed by atoms with Crippen LogP contribution in [0.4, 0.5) is 0 Å².